The topological polar surface area (TPSA) is 40.2 Å². The normalized spacial score (nSPS) is 20.3. The summed E-state index contributed by atoms with van der Waals surface area (Å²) in [5, 5.41) is 0. The number of methoxy groups -OCH3 is 1. The lowest BCUT2D eigenvalue weighted by Crippen LogP contribution is -2.30. The third-order valence-electron chi connectivity index (χ3n) is 4.40. The minimum atomic E-state index is 0.139. The van der Waals surface area contributed by atoms with Gasteiger partial charge < -0.3 is 15.0 Å². The second-order valence-corrected chi connectivity index (χ2v) is 6.80. The number of ether oxygens (including phenoxy) is 1. The Kier molecular flexibility index (Phi) is 3.64. The van der Waals surface area contributed by atoms with Crippen molar-refractivity contribution in [2.75, 3.05) is 7.11 Å². The average molecular weight is 284 g/mol. The van der Waals surface area contributed by atoms with E-state index in [1.165, 1.54) is 22.5 Å². The number of aromatic nitrogens is 1. The van der Waals surface area contributed by atoms with Crippen LogP contribution >= 0.6 is 0 Å². The van der Waals surface area contributed by atoms with Crippen molar-refractivity contribution in [1.29, 1.82) is 0 Å². The van der Waals surface area contributed by atoms with Crippen molar-refractivity contribution in [3.8, 4) is 5.69 Å². The predicted octanol–water partition coefficient (Wildman–Crippen LogP) is 3.60. The van der Waals surface area contributed by atoms with Gasteiger partial charge in [-0.05, 0) is 36.0 Å². The molecule has 3 heteroatoms. The van der Waals surface area contributed by atoms with Crippen molar-refractivity contribution in [3.05, 3.63) is 53.3 Å². The van der Waals surface area contributed by atoms with Crippen LogP contribution in [0, 0.1) is 5.41 Å². The lowest BCUT2D eigenvalue weighted by molar-refractivity contribution is 0.184. The van der Waals surface area contributed by atoms with Gasteiger partial charge in [-0.1, -0.05) is 32.0 Å². The van der Waals surface area contributed by atoms with E-state index in [9.17, 15) is 0 Å². The van der Waals surface area contributed by atoms with Crippen molar-refractivity contribution >= 4 is 0 Å². The minimum absolute atomic E-state index is 0.139. The zero-order chi connectivity index (χ0) is 15.0. The highest BCUT2D eigenvalue weighted by molar-refractivity contribution is 5.46. The summed E-state index contributed by atoms with van der Waals surface area (Å²) in [7, 11) is 1.74. The highest BCUT2D eigenvalue weighted by Crippen LogP contribution is 2.41. The van der Waals surface area contributed by atoms with Gasteiger partial charge in [0.05, 0.1) is 12.3 Å². The SMILES string of the molecule is COCc1ccccc1-n1ccc2c1CC(C)(C)CC2N. The molecule has 1 aromatic heterocycles. The molecule has 0 radical (unpaired) electrons. The van der Waals surface area contributed by atoms with E-state index in [2.05, 4.69) is 54.9 Å². The number of hydrogen-bond donors (Lipinski definition) is 1. The first-order valence-corrected chi connectivity index (χ1v) is 7.55. The maximum absolute atomic E-state index is 6.37. The molecule has 1 unspecified atom stereocenters. The molecule has 0 aliphatic heterocycles. The quantitative estimate of drug-likeness (QED) is 0.935. The van der Waals surface area contributed by atoms with Crippen LogP contribution in [0.25, 0.3) is 5.69 Å². The van der Waals surface area contributed by atoms with Gasteiger partial charge in [0.15, 0.2) is 0 Å². The Hall–Kier alpha value is -1.58. The highest BCUT2D eigenvalue weighted by Gasteiger charge is 2.32. The third kappa shape index (κ3) is 2.63. The largest absolute Gasteiger partial charge is 0.380 e. The molecule has 2 aromatic rings. The highest BCUT2D eigenvalue weighted by atomic mass is 16.5. The summed E-state index contributed by atoms with van der Waals surface area (Å²) in [6.07, 6.45) is 4.26. The molecule has 3 rings (SSSR count). The summed E-state index contributed by atoms with van der Waals surface area (Å²) in [6.45, 7) is 5.22. The average Bonchev–Trinajstić information content (AvgIpc) is 2.82. The first kappa shape index (κ1) is 14.4. The van der Waals surface area contributed by atoms with Crippen molar-refractivity contribution in [1.82, 2.24) is 4.57 Å². The van der Waals surface area contributed by atoms with E-state index in [1.54, 1.807) is 7.11 Å². The van der Waals surface area contributed by atoms with Crippen molar-refractivity contribution in [2.45, 2.75) is 39.3 Å². The predicted molar refractivity (Wildman–Crippen MR) is 85.5 cm³/mol. The Morgan fingerprint density at radius 3 is 2.81 bits per heavy atom. The fourth-order valence-electron chi connectivity index (χ4n) is 3.48. The van der Waals surface area contributed by atoms with Gasteiger partial charge in [-0.25, -0.2) is 0 Å². The van der Waals surface area contributed by atoms with Crippen molar-refractivity contribution in [2.24, 2.45) is 11.1 Å². The summed E-state index contributed by atoms with van der Waals surface area (Å²) in [5.74, 6) is 0. The van der Waals surface area contributed by atoms with Gasteiger partial charge in [-0.2, -0.15) is 0 Å². The molecule has 3 nitrogen and oxygen atoms in total. The van der Waals surface area contributed by atoms with Gasteiger partial charge >= 0.3 is 0 Å². The number of para-hydroxylation sites is 1. The van der Waals surface area contributed by atoms with Crippen LogP contribution in [0.2, 0.25) is 0 Å². The van der Waals surface area contributed by atoms with Crippen LogP contribution in [0.4, 0.5) is 0 Å². The van der Waals surface area contributed by atoms with Gasteiger partial charge in [-0.3, -0.25) is 0 Å². The molecule has 0 fully saturated rings. The minimum Gasteiger partial charge on any atom is -0.380 e. The van der Waals surface area contributed by atoms with Crippen LogP contribution in [-0.2, 0) is 17.8 Å². The van der Waals surface area contributed by atoms with Crippen molar-refractivity contribution < 1.29 is 4.74 Å². The van der Waals surface area contributed by atoms with E-state index in [-0.39, 0.29) is 11.5 Å². The lowest BCUT2D eigenvalue weighted by Gasteiger charge is -2.34. The molecular weight excluding hydrogens is 260 g/mol. The fraction of sp³-hybridized carbons (Fsp3) is 0.444. The summed E-state index contributed by atoms with van der Waals surface area (Å²) < 4.78 is 7.63. The van der Waals surface area contributed by atoms with E-state index >= 15 is 0 Å². The van der Waals surface area contributed by atoms with Crippen LogP contribution in [0.15, 0.2) is 36.5 Å². The fourth-order valence-corrected chi connectivity index (χ4v) is 3.48. The Bertz CT molecular complexity index is 642. The molecule has 1 aliphatic carbocycles. The van der Waals surface area contributed by atoms with E-state index in [0.29, 0.717) is 6.61 Å². The van der Waals surface area contributed by atoms with Gasteiger partial charge in [0.25, 0.3) is 0 Å². The third-order valence-corrected chi connectivity index (χ3v) is 4.40. The zero-order valence-electron chi connectivity index (χ0n) is 13.1. The number of rotatable bonds is 3. The first-order valence-electron chi connectivity index (χ1n) is 7.55. The molecule has 21 heavy (non-hydrogen) atoms. The summed E-state index contributed by atoms with van der Waals surface area (Å²) in [6, 6.07) is 10.7. The van der Waals surface area contributed by atoms with E-state index in [0.717, 1.165) is 12.8 Å². The zero-order valence-corrected chi connectivity index (χ0v) is 13.1. The molecule has 112 valence electrons. The molecule has 1 aromatic carbocycles. The van der Waals surface area contributed by atoms with Crippen LogP contribution in [0.1, 0.15) is 43.1 Å². The van der Waals surface area contributed by atoms with E-state index in [1.807, 2.05) is 0 Å². The van der Waals surface area contributed by atoms with Gasteiger partial charge in [0, 0.05) is 30.6 Å². The number of hydrogen-bond acceptors (Lipinski definition) is 2. The molecule has 0 saturated heterocycles. The molecule has 2 N–H and O–H groups in total. The number of nitrogens with two attached hydrogens (primary N) is 1. The van der Waals surface area contributed by atoms with Gasteiger partial charge in [0.2, 0.25) is 0 Å². The number of fused-ring (bicyclic) bond motifs is 1. The van der Waals surface area contributed by atoms with Gasteiger partial charge in [0.1, 0.15) is 0 Å². The molecule has 1 atom stereocenters. The standard InChI is InChI=1S/C18H24N2O/c1-18(2)10-15(19)14-8-9-20(17(14)11-18)16-7-5-4-6-13(16)12-21-3/h4-9,15H,10-12,19H2,1-3H3. The van der Waals surface area contributed by atoms with E-state index in [4.69, 9.17) is 10.5 Å². The Morgan fingerprint density at radius 1 is 1.29 bits per heavy atom. The first-order chi connectivity index (χ1) is 10.0. The molecule has 1 aliphatic rings. The van der Waals surface area contributed by atoms with E-state index < -0.39 is 0 Å². The number of nitrogens with zero attached hydrogens (tertiary/aromatic N) is 1. The Balaban J connectivity index is 2.10. The Labute approximate surface area is 126 Å². The van der Waals surface area contributed by atoms with Crippen LogP contribution in [0.5, 0.6) is 0 Å². The van der Waals surface area contributed by atoms with Crippen LogP contribution in [-0.4, -0.2) is 11.7 Å². The Morgan fingerprint density at radius 2 is 2.05 bits per heavy atom. The maximum Gasteiger partial charge on any atom is 0.0733 e. The van der Waals surface area contributed by atoms with Gasteiger partial charge in [-0.15, -0.1) is 0 Å². The monoisotopic (exact) mass is 284 g/mol. The lowest BCUT2D eigenvalue weighted by atomic mass is 9.74. The molecule has 0 amide bonds. The molecule has 0 saturated carbocycles. The smallest absolute Gasteiger partial charge is 0.0733 e. The number of benzene rings is 1. The second kappa shape index (κ2) is 5.32. The van der Waals surface area contributed by atoms with Crippen molar-refractivity contribution in [3.63, 3.8) is 0 Å². The molecular formula is C18H24N2O. The summed E-state index contributed by atoms with van der Waals surface area (Å²) >= 11 is 0. The molecule has 0 bridgehead atoms. The summed E-state index contributed by atoms with van der Waals surface area (Å²) in [4.78, 5) is 0. The summed E-state index contributed by atoms with van der Waals surface area (Å²) in [5.41, 5.74) is 11.7. The van der Waals surface area contributed by atoms with Crippen LogP contribution in [0.3, 0.4) is 0 Å². The van der Waals surface area contributed by atoms with Crippen LogP contribution < -0.4 is 5.73 Å². The molecule has 1 heterocycles. The molecule has 0 spiro atoms. The second-order valence-electron chi connectivity index (χ2n) is 6.80. The maximum atomic E-state index is 6.37.